The summed E-state index contributed by atoms with van der Waals surface area (Å²) in [5.74, 6) is 3.51. The molecule has 0 aliphatic rings. The summed E-state index contributed by atoms with van der Waals surface area (Å²) in [4.78, 5) is 4.30. The quantitative estimate of drug-likeness (QED) is 0.646. The van der Waals surface area contributed by atoms with E-state index in [-0.39, 0.29) is 5.75 Å². The second-order valence-electron chi connectivity index (χ2n) is 4.70. The summed E-state index contributed by atoms with van der Waals surface area (Å²) in [6.45, 7) is 4.34. The Hall–Kier alpha value is -1.69. The Morgan fingerprint density at radius 2 is 2.21 bits per heavy atom. The minimum Gasteiger partial charge on any atom is -0.506 e. The van der Waals surface area contributed by atoms with Gasteiger partial charge in [0.25, 0.3) is 5.89 Å². The van der Waals surface area contributed by atoms with Gasteiger partial charge in [0, 0.05) is 5.56 Å². The second-order valence-corrected chi connectivity index (χ2v) is 5.73. The van der Waals surface area contributed by atoms with Gasteiger partial charge in [-0.15, -0.1) is 0 Å². The lowest BCUT2D eigenvalue weighted by atomic mass is 10.2. The zero-order valence-corrected chi connectivity index (χ0v) is 11.8. The fourth-order valence-corrected chi connectivity index (χ4v) is 2.38. The summed E-state index contributed by atoms with van der Waals surface area (Å²) < 4.78 is 5.18. The van der Waals surface area contributed by atoms with E-state index in [0.717, 1.165) is 11.5 Å². The minimum absolute atomic E-state index is 0.0198. The molecule has 2 rings (SSSR count). The number of hydrogen-bond acceptors (Lipinski definition) is 6. The SMILES string of the molecule is CC(C)CSCc1noc(-c2ccc(N)c(O)c2)n1. The van der Waals surface area contributed by atoms with Gasteiger partial charge in [0.1, 0.15) is 5.75 Å². The lowest BCUT2D eigenvalue weighted by Crippen LogP contribution is -1.92. The van der Waals surface area contributed by atoms with Crippen LogP contribution in [0.3, 0.4) is 0 Å². The van der Waals surface area contributed by atoms with Crippen LogP contribution >= 0.6 is 11.8 Å². The molecular formula is C13H17N3O2S. The van der Waals surface area contributed by atoms with E-state index in [1.165, 1.54) is 6.07 Å². The van der Waals surface area contributed by atoms with Crippen LogP contribution in [-0.4, -0.2) is 21.0 Å². The van der Waals surface area contributed by atoms with Crippen LogP contribution in [0.5, 0.6) is 5.75 Å². The molecule has 0 unspecified atom stereocenters. The normalized spacial score (nSPS) is 11.1. The molecule has 0 amide bonds. The highest BCUT2D eigenvalue weighted by Crippen LogP contribution is 2.27. The number of anilines is 1. The number of rotatable bonds is 5. The summed E-state index contributed by atoms with van der Waals surface area (Å²) in [5, 5.41) is 13.5. The number of phenolic OH excluding ortho intramolecular Hbond substituents is 1. The van der Waals surface area contributed by atoms with Gasteiger partial charge in [-0.25, -0.2) is 0 Å². The molecule has 0 saturated heterocycles. The van der Waals surface area contributed by atoms with Crippen LogP contribution in [0, 0.1) is 5.92 Å². The smallest absolute Gasteiger partial charge is 0.258 e. The Balaban J connectivity index is 2.05. The molecule has 1 heterocycles. The fourth-order valence-electron chi connectivity index (χ4n) is 1.49. The van der Waals surface area contributed by atoms with Crippen LogP contribution in [0.25, 0.3) is 11.5 Å². The van der Waals surface area contributed by atoms with Crippen molar-refractivity contribution in [3.8, 4) is 17.2 Å². The first kappa shape index (κ1) is 13.7. The Morgan fingerprint density at radius 3 is 2.89 bits per heavy atom. The number of thioether (sulfide) groups is 1. The van der Waals surface area contributed by atoms with Gasteiger partial charge in [-0.3, -0.25) is 0 Å². The van der Waals surface area contributed by atoms with E-state index in [1.54, 1.807) is 23.9 Å². The standard InChI is InChI=1S/C13H17N3O2S/c1-8(2)6-19-7-12-15-13(18-16-12)9-3-4-10(14)11(17)5-9/h3-5,8,17H,6-7,14H2,1-2H3. The van der Waals surface area contributed by atoms with E-state index >= 15 is 0 Å². The van der Waals surface area contributed by atoms with Crippen molar-refractivity contribution in [3.63, 3.8) is 0 Å². The molecule has 1 aromatic heterocycles. The molecule has 0 saturated carbocycles. The summed E-state index contributed by atoms with van der Waals surface area (Å²) in [6, 6.07) is 4.88. The van der Waals surface area contributed by atoms with E-state index in [0.29, 0.717) is 28.9 Å². The molecule has 102 valence electrons. The van der Waals surface area contributed by atoms with Crippen LogP contribution in [0.1, 0.15) is 19.7 Å². The number of nitrogens with two attached hydrogens (primary N) is 1. The molecule has 1 aromatic carbocycles. The molecule has 5 nitrogen and oxygen atoms in total. The lowest BCUT2D eigenvalue weighted by Gasteiger charge is -2.00. The molecule has 2 aromatic rings. The van der Waals surface area contributed by atoms with Gasteiger partial charge in [0.2, 0.25) is 0 Å². The number of aromatic hydroxyl groups is 1. The zero-order valence-electron chi connectivity index (χ0n) is 11.0. The number of benzene rings is 1. The van der Waals surface area contributed by atoms with Gasteiger partial charge in [-0.05, 0) is 29.9 Å². The highest BCUT2D eigenvalue weighted by Gasteiger charge is 2.10. The first-order valence-corrected chi connectivity index (χ1v) is 7.21. The topological polar surface area (TPSA) is 85.2 Å². The average molecular weight is 279 g/mol. The molecule has 0 aliphatic carbocycles. The van der Waals surface area contributed by atoms with Crippen molar-refractivity contribution in [1.82, 2.24) is 10.1 Å². The van der Waals surface area contributed by atoms with Gasteiger partial charge < -0.3 is 15.4 Å². The van der Waals surface area contributed by atoms with Crippen LogP contribution in [0.4, 0.5) is 5.69 Å². The van der Waals surface area contributed by atoms with Gasteiger partial charge >= 0.3 is 0 Å². The molecule has 0 aliphatic heterocycles. The lowest BCUT2D eigenvalue weighted by molar-refractivity contribution is 0.424. The van der Waals surface area contributed by atoms with Crippen molar-refractivity contribution < 1.29 is 9.63 Å². The third-order valence-corrected chi connectivity index (χ3v) is 3.79. The van der Waals surface area contributed by atoms with E-state index < -0.39 is 0 Å². The highest BCUT2D eigenvalue weighted by atomic mass is 32.2. The fraction of sp³-hybridized carbons (Fsp3) is 0.385. The van der Waals surface area contributed by atoms with Crippen molar-refractivity contribution in [3.05, 3.63) is 24.0 Å². The van der Waals surface area contributed by atoms with E-state index in [1.807, 2.05) is 0 Å². The van der Waals surface area contributed by atoms with E-state index in [9.17, 15) is 5.11 Å². The summed E-state index contributed by atoms with van der Waals surface area (Å²) in [5.41, 5.74) is 6.54. The number of nitrogen functional groups attached to an aromatic ring is 1. The van der Waals surface area contributed by atoms with Crippen molar-refractivity contribution in [2.75, 3.05) is 11.5 Å². The van der Waals surface area contributed by atoms with Gasteiger partial charge in [-0.1, -0.05) is 19.0 Å². The Bertz CT molecular complexity index is 555. The largest absolute Gasteiger partial charge is 0.506 e. The van der Waals surface area contributed by atoms with Crippen LogP contribution in [0.2, 0.25) is 0 Å². The summed E-state index contributed by atoms with van der Waals surface area (Å²) in [6.07, 6.45) is 0. The molecule has 0 bridgehead atoms. The Kier molecular flexibility index (Phi) is 4.31. The highest BCUT2D eigenvalue weighted by molar-refractivity contribution is 7.98. The predicted octanol–water partition coefficient (Wildman–Crippen LogP) is 2.91. The van der Waals surface area contributed by atoms with Crippen molar-refractivity contribution in [1.29, 1.82) is 0 Å². The van der Waals surface area contributed by atoms with Gasteiger partial charge in [0.15, 0.2) is 5.82 Å². The molecule has 0 spiro atoms. The molecular weight excluding hydrogens is 262 g/mol. The van der Waals surface area contributed by atoms with Gasteiger partial charge in [0.05, 0.1) is 11.4 Å². The molecule has 19 heavy (non-hydrogen) atoms. The van der Waals surface area contributed by atoms with Crippen molar-refractivity contribution in [2.24, 2.45) is 5.92 Å². The Labute approximate surface area is 116 Å². The monoisotopic (exact) mass is 279 g/mol. The Morgan fingerprint density at radius 1 is 1.42 bits per heavy atom. The first-order chi connectivity index (χ1) is 9.06. The van der Waals surface area contributed by atoms with Crippen LogP contribution in [-0.2, 0) is 5.75 Å². The van der Waals surface area contributed by atoms with Crippen LogP contribution < -0.4 is 5.73 Å². The molecule has 6 heteroatoms. The van der Waals surface area contributed by atoms with Crippen LogP contribution in [0.15, 0.2) is 22.7 Å². The van der Waals surface area contributed by atoms with E-state index in [2.05, 4.69) is 24.0 Å². The average Bonchev–Trinajstić information content (AvgIpc) is 2.81. The number of phenols is 1. The number of hydrogen-bond donors (Lipinski definition) is 2. The maximum atomic E-state index is 9.55. The third kappa shape index (κ3) is 3.64. The number of nitrogens with zero attached hydrogens (tertiary/aromatic N) is 2. The summed E-state index contributed by atoms with van der Waals surface area (Å²) in [7, 11) is 0. The van der Waals surface area contributed by atoms with Crippen molar-refractivity contribution >= 4 is 17.4 Å². The number of aromatic nitrogens is 2. The van der Waals surface area contributed by atoms with E-state index in [4.69, 9.17) is 10.3 Å². The zero-order chi connectivity index (χ0) is 13.8. The molecule has 0 fully saturated rings. The maximum Gasteiger partial charge on any atom is 0.258 e. The molecule has 0 atom stereocenters. The first-order valence-electron chi connectivity index (χ1n) is 6.05. The second kappa shape index (κ2) is 5.97. The molecule has 0 radical (unpaired) electrons. The van der Waals surface area contributed by atoms with Gasteiger partial charge in [-0.2, -0.15) is 16.7 Å². The predicted molar refractivity (Wildman–Crippen MR) is 76.8 cm³/mol. The third-order valence-electron chi connectivity index (χ3n) is 2.43. The minimum atomic E-state index is 0.0198. The summed E-state index contributed by atoms with van der Waals surface area (Å²) >= 11 is 1.77. The molecule has 3 N–H and O–H groups in total. The maximum absolute atomic E-state index is 9.55. The van der Waals surface area contributed by atoms with Crippen molar-refractivity contribution in [2.45, 2.75) is 19.6 Å².